The van der Waals surface area contributed by atoms with E-state index in [0.717, 1.165) is 12.0 Å². The molecule has 0 amide bonds. The minimum atomic E-state index is -2.78. The van der Waals surface area contributed by atoms with Gasteiger partial charge in [-0.3, -0.25) is 0 Å². The van der Waals surface area contributed by atoms with Crippen LogP contribution in [0.3, 0.4) is 0 Å². The van der Waals surface area contributed by atoms with E-state index in [1.807, 2.05) is 0 Å². The maximum Gasteiger partial charge on any atom is 0.387 e. The van der Waals surface area contributed by atoms with E-state index in [9.17, 15) is 8.78 Å². The van der Waals surface area contributed by atoms with E-state index >= 15 is 0 Å². The highest BCUT2D eigenvalue weighted by atomic mass is 19.3. The van der Waals surface area contributed by atoms with Crippen LogP contribution in [0, 0.1) is 0 Å². The molecule has 3 nitrogen and oxygen atoms in total. The molecule has 118 valence electrons. The Kier molecular flexibility index (Phi) is 4.54. The SMILES string of the molecule is CC1(C)CC(NCc2ccc(OC(F)F)cc2)C(C)(C)O1. The third kappa shape index (κ3) is 4.38. The van der Waals surface area contributed by atoms with Crippen LogP contribution in [-0.2, 0) is 11.3 Å². The molecule has 5 heteroatoms. The summed E-state index contributed by atoms with van der Waals surface area (Å²) in [5, 5.41) is 3.49. The summed E-state index contributed by atoms with van der Waals surface area (Å²) in [5.74, 6) is 0.180. The summed E-state index contributed by atoms with van der Waals surface area (Å²) in [4.78, 5) is 0. The third-order valence-corrected chi connectivity index (χ3v) is 3.78. The molecule has 1 saturated heterocycles. The molecule has 1 aliphatic rings. The molecular weight excluding hydrogens is 276 g/mol. The highest BCUT2D eigenvalue weighted by Crippen LogP contribution is 2.37. The molecule has 0 aliphatic carbocycles. The van der Waals surface area contributed by atoms with Crippen molar-refractivity contribution in [2.24, 2.45) is 0 Å². The maximum atomic E-state index is 12.1. The third-order valence-electron chi connectivity index (χ3n) is 3.78. The van der Waals surface area contributed by atoms with Gasteiger partial charge < -0.3 is 14.8 Å². The van der Waals surface area contributed by atoms with Gasteiger partial charge in [-0.15, -0.1) is 0 Å². The first-order valence-corrected chi connectivity index (χ1v) is 7.15. The van der Waals surface area contributed by atoms with Crippen molar-refractivity contribution >= 4 is 0 Å². The summed E-state index contributed by atoms with van der Waals surface area (Å²) in [6.07, 6.45) is 0.937. The van der Waals surface area contributed by atoms with Crippen LogP contribution in [-0.4, -0.2) is 23.9 Å². The van der Waals surface area contributed by atoms with Crippen LogP contribution in [0.2, 0.25) is 0 Å². The highest BCUT2D eigenvalue weighted by molar-refractivity contribution is 5.27. The summed E-state index contributed by atoms with van der Waals surface area (Å²) in [7, 11) is 0. The molecule has 0 radical (unpaired) electrons. The minimum Gasteiger partial charge on any atom is -0.435 e. The average molecular weight is 299 g/mol. The van der Waals surface area contributed by atoms with Gasteiger partial charge in [0.15, 0.2) is 0 Å². The maximum absolute atomic E-state index is 12.1. The Morgan fingerprint density at radius 3 is 2.33 bits per heavy atom. The normalized spacial score (nSPS) is 23.5. The van der Waals surface area contributed by atoms with E-state index in [4.69, 9.17) is 4.74 Å². The van der Waals surface area contributed by atoms with E-state index < -0.39 is 6.61 Å². The van der Waals surface area contributed by atoms with Crippen molar-refractivity contribution in [2.45, 2.75) is 64.5 Å². The lowest BCUT2D eigenvalue weighted by molar-refractivity contribution is -0.0699. The zero-order valence-corrected chi connectivity index (χ0v) is 13.0. The second-order valence-electron chi connectivity index (χ2n) is 6.63. The Labute approximate surface area is 124 Å². The van der Waals surface area contributed by atoms with Crippen molar-refractivity contribution in [1.82, 2.24) is 5.32 Å². The van der Waals surface area contributed by atoms with Crippen LogP contribution in [0.25, 0.3) is 0 Å². The fraction of sp³-hybridized carbons (Fsp3) is 0.625. The quantitative estimate of drug-likeness (QED) is 0.899. The van der Waals surface area contributed by atoms with E-state index in [1.165, 1.54) is 0 Å². The average Bonchev–Trinajstić information content (AvgIpc) is 2.55. The summed E-state index contributed by atoms with van der Waals surface area (Å²) < 4.78 is 34.5. The molecule has 1 aliphatic heterocycles. The fourth-order valence-corrected chi connectivity index (χ4v) is 2.91. The molecule has 21 heavy (non-hydrogen) atoms. The predicted octanol–water partition coefficient (Wildman–Crippen LogP) is 3.72. The lowest BCUT2D eigenvalue weighted by Crippen LogP contribution is -2.42. The Morgan fingerprint density at radius 1 is 1.24 bits per heavy atom. The first kappa shape index (κ1) is 16.2. The summed E-state index contributed by atoms with van der Waals surface area (Å²) in [6.45, 7) is 6.23. The Balaban J connectivity index is 1.91. The van der Waals surface area contributed by atoms with Crippen LogP contribution in [0.15, 0.2) is 24.3 Å². The Bertz CT molecular complexity index is 472. The molecule has 0 bridgehead atoms. The second-order valence-corrected chi connectivity index (χ2v) is 6.63. The molecule has 1 aromatic carbocycles. The molecule has 2 rings (SSSR count). The lowest BCUT2D eigenvalue weighted by atomic mass is 9.94. The predicted molar refractivity (Wildman–Crippen MR) is 77.6 cm³/mol. The molecule has 1 aromatic rings. The van der Waals surface area contributed by atoms with Crippen LogP contribution >= 0.6 is 0 Å². The highest BCUT2D eigenvalue weighted by Gasteiger charge is 2.45. The van der Waals surface area contributed by atoms with Crippen molar-refractivity contribution in [1.29, 1.82) is 0 Å². The molecule has 1 N–H and O–H groups in total. The van der Waals surface area contributed by atoms with Gasteiger partial charge in [-0.25, -0.2) is 0 Å². The fourth-order valence-electron chi connectivity index (χ4n) is 2.91. The van der Waals surface area contributed by atoms with E-state index in [1.54, 1.807) is 24.3 Å². The molecule has 1 fully saturated rings. The largest absolute Gasteiger partial charge is 0.435 e. The van der Waals surface area contributed by atoms with Gasteiger partial charge in [0, 0.05) is 12.6 Å². The second kappa shape index (κ2) is 5.89. The zero-order valence-electron chi connectivity index (χ0n) is 13.0. The van der Waals surface area contributed by atoms with Crippen LogP contribution < -0.4 is 10.1 Å². The number of halogens is 2. The number of ether oxygens (including phenoxy) is 2. The number of nitrogens with one attached hydrogen (secondary N) is 1. The zero-order chi connectivity index (χ0) is 15.7. The van der Waals surface area contributed by atoms with Gasteiger partial charge in [0.2, 0.25) is 0 Å². The van der Waals surface area contributed by atoms with Crippen molar-refractivity contribution in [3.8, 4) is 5.75 Å². The molecule has 0 spiro atoms. The number of alkyl halides is 2. The van der Waals surface area contributed by atoms with Crippen molar-refractivity contribution in [2.75, 3.05) is 0 Å². The van der Waals surface area contributed by atoms with Gasteiger partial charge in [-0.05, 0) is 51.8 Å². The number of rotatable bonds is 5. The molecule has 1 atom stereocenters. The molecule has 1 heterocycles. The summed E-state index contributed by atoms with van der Waals surface area (Å²) >= 11 is 0. The first-order chi connectivity index (χ1) is 9.68. The minimum absolute atomic E-state index is 0.129. The Morgan fingerprint density at radius 2 is 1.86 bits per heavy atom. The van der Waals surface area contributed by atoms with Crippen molar-refractivity contribution in [3.05, 3.63) is 29.8 Å². The van der Waals surface area contributed by atoms with Crippen LogP contribution in [0.4, 0.5) is 8.78 Å². The van der Waals surface area contributed by atoms with Gasteiger partial charge in [-0.1, -0.05) is 12.1 Å². The topological polar surface area (TPSA) is 30.5 Å². The molecular formula is C16H23F2NO2. The van der Waals surface area contributed by atoms with E-state index in [-0.39, 0.29) is 23.0 Å². The van der Waals surface area contributed by atoms with Crippen LogP contribution in [0.1, 0.15) is 39.7 Å². The lowest BCUT2D eigenvalue weighted by Gasteiger charge is -2.28. The number of hydrogen-bond donors (Lipinski definition) is 1. The molecule has 0 aromatic heterocycles. The van der Waals surface area contributed by atoms with E-state index in [0.29, 0.717) is 6.54 Å². The van der Waals surface area contributed by atoms with Gasteiger partial charge in [-0.2, -0.15) is 8.78 Å². The van der Waals surface area contributed by atoms with Gasteiger partial charge in [0.1, 0.15) is 5.75 Å². The summed E-state index contributed by atoms with van der Waals surface area (Å²) in [5.41, 5.74) is 0.676. The molecule has 1 unspecified atom stereocenters. The van der Waals surface area contributed by atoms with Gasteiger partial charge >= 0.3 is 6.61 Å². The molecule has 0 saturated carbocycles. The smallest absolute Gasteiger partial charge is 0.387 e. The van der Waals surface area contributed by atoms with Crippen molar-refractivity contribution < 1.29 is 18.3 Å². The standard InChI is InChI=1S/C16H23F2NO2/c1-15(2)9-13(16(3,4)21-15)19-10-11-5-7-12(8-6-11)20-14(17)18/h5-8,13-14,19H,9-10H2,1-4H3. The first-order valence-electron chi connectivity index (χ1n) is 7.15. The van der Waals surface area contributed by atoms with Gasteiger partial charge in [0.05, 0.1) is 11.2 Å². The Hall–Kier alpha value is -1.20. The monoisotopic (exact) mass is 299 g/mol. The van der Waals surface area contributed by atoms with Crippen molar-refractivity contribution in [3.63, 3.8) is 0 Å². The van der Waals surface area contributed by atoms with Gasteiger partial charge in [0.25, 0.3) is 0 Å². The summed E-state index contributed by atoms with van der Waals surface area (Å²) in [6, 6.07) is 6.95. The van der Waals surface area contributed by atoms with E-state index in [2.05, 4.69) is 37.7 Å². The number of benzene rings is 1. The van der Waals surface area contributed by atoms with Crippen LogP contribution in [0.5, 0.6) is 5.75 Å². The number of hydrogen-bond acceptors (Lipinski definition) is 3.